The Morgan fingerprint density at radius 2 is 1.65 bits per heavy atom. The molecule has 8 nitrogen and oxygen atoms in total. The molecular weight excluding hydrogens is 414 g/mol. The number of rotatable bonds is 7. The maximum atomic E-state index is 13.6. The van der Waals surface area contributed by atoms with E-state index in [9.17, 15) is 13.2 Å². The molecular formula is C22H27N5O3S. The number of benzene rings is 2. The topological polar surface area (TPSA) is 93.0 Å². The highest BCUT2D eigenvalue weighted by molar-refractivity contribution is 7.87. The summed E-state index contributed by atoms with van der Waals surface area (Å²) in [6.07, 6.45) is 1.50. The lowest BCUT2D eigenvalue weighted by Gasteiger charge is -2.18. The number of hydrogen-bond donors (Lipinski definition) is 1. The van der Waals surface area contributed by atoms with Crippen molar-refractivity contribution in [2.24, 2.45) is 5.92 Å². The molecule has 2 aromatic carbocycles. The highest BCUT2D eigenvalue weighted by Gasteiger charge is 2.30. The minimum absolute atomic E-state index is 0.354. The van der Waals surface area contributed by atoms with Gasteiger partial charge in [0.15, 0.2) is 0 Å². The minimum Gasteiger partial charge on any atom is -0.340 e. The van der Waals surface area contributed by atoms with Crippen LogP contribution in [-0.2, 0) is 10.2 Å². The molecule has 31 heavy (non-hydrogen) atoms. The highest BCUT2D eigenvalue weighted by atomic mass is 32.2. The van der Waals surface area contributed by atoms with Crippen molar-refractivity contribution in [3.63, 3.8) is 0 Å². The Morgan fingerprint density at radius 1 is 1.00 bits per heavy atom. The molecule has 9 heteroatoms. The van der Waals surface area contributed by atoms with Gasteiger partial charge in [0.1, 0.15) is 5.82 Å². The van der Waals surface area contributed by atoms with Crippen LogP contribution in [0.4, 0.5) is 0 Å². The molecule has 4 rings (SSSR count). The molecule has 1 unspecified atom stereocenters. The summed E-state index contributed by atoms with van der Waals surface area (Å²) in [6.45, 7) is 4.25. The first-order chi connectivity index (χ1) is 14.7. The van der Waals surface area contributed by atoms with Gasteiger partial charge in [0.2, 0.25) is 0 Å². The summed E-state index contributed by atoms with van der Waals surface area (Å²) in [6, 6.07) is 14.3. The summed E-state index contributed by atoms with van der Waals surface area (Å²) >= 11 is 0. The molecule has 164 valence electrons. The number of aromatic amines is 1. The fraction of sp³-hybridized carbons (Fsp3) is 0.364. The molecule has 2 heterocycles. The molecule has 0 bridgehead atoms. The molecule has 0 saturated heterocycles. The fourth-order valence-electron chi connectivity index (χ4n) is 3.84. The second-order valence-corrected chi connectivity index (χ2v) is 10.3. The van der Waals surface area contributed by atoms with E-state index in [4.69, 9.17) is 4.98 Å². The summed E-state index contributed by atoms with van der Waals surface area (Å²) < 4.78 is 29.5. The minimum atomic E-state index is -4.00. The van der Waals surface area contributed by atoms with Gasteiger partial charge in [-0.15, -0.1) is 0 Å². The summed E-state index contributed by atoms with van der Waals surface area (Å²) in [4.78, 5) is 21.7. The molecule has 0 spiro atoms. The lowest BCUT2D eigenvalue weighted by Crippen LogP contribution is -2.38. The molecule has 0 radical (unpaired) electrons. The average molecular weight is 442 g/mol. The molecule has 0 aliphatic rings. The van der Waals surface area contributed by atoms with E-state index >= 15 is 0 Å². The number of fused-ring (bicyclic) bond motifs is 2. The van der Waals surface area contributed by atoms with Crippen LogP contribution in [0.3, 0.4) is 0 Å². The third kappa shape index (κ3) is 3.68. The largest absolute Gasteiger partial charge is 0.344 e. The SMILES string of the molecule is CC(C)CCC(c1nc2ccccc2[nH]1)n1c(=O)n(S(=O)(=O)N(C)C)c2ccccc21. The van der Waals surface area contributed by atoms with Gasteiger partial charge in [0.05, 0.1) is 28.1 Å². The van der Waals surface area contributed by atoms with E-state index in [-0.39, 0.29) is 0 Å². The van der Waals surface area contributed by atoms with E-state index < -0.39 is 21.9 Å². The van der Waals surface area contributed by atoms with Crippen LogP contribution in [0.25, 0.3) is 22.1 Å². The standard InChI is InChI=1S/C22H27N5O3S/c1-15(2)13-14-20(21-23-16-9-5-6-10-17(16)24-21)26-18-11-7-8-12-19(18)27(22(26)28)31(29,30)25(3)4/h5-12,15,20H,13-14H2,1-4H3,(H,23,24). The van der Waals surface area contributed by atoms with Crippen molar-refractivity contribution >= 4 is 32.3 Å². The molecule has 0 aliphatic carbocycles. The fourth-order valence-corrected chi connectivity index (χ4v) is 4.86. The molecule has 0 aliphatic heterocycles. The quantitative estimate of drug-likeness (QED) is 0.476. The molecule has 1 atom stereocenters. The van der Waals surface area contributed by atoms with Crippen LogP contribution in [0, 0.1) is 5.92 Å². The Hall–Kier alpha value is -2.91. The van der Waals surface area contributed by atoms with Crippen molar-refractivity contribution in [3.8, 4) is 0 Å². The number of nitrogens with zero attached hydrogens (tertiary/aromatic N) is 4. The summed E-state index contributed by atoms with van der Waals surface area (Å²) in [5.41, 5.74) is 2.01. The van der Waals surface area contributed by atoms with Crippen LogP contribution in [0.1, 0.15) is 38.6 Å². The van der Waals surface area contributed by atoms with E-state index in [1.807, 2.05) is 30.3 Å². The molecule has 4 aromatic rings. The van der Waals surface area contributed by atoms with E-state index in [2.05, 4.69) is 18.8 Å². The van der Waals surface area contributed by atoms with Gasteiger partial charge < -0.3 is 4.98 Å². The maximum Gasteiger partial charge on any atom is 0.344 e. The Kier molecular flexibility index (Phi) is 5.49. The van der Waals surface area contributed by atoms with Gasteiger partial charge in [0.25, 0.3) is 0 Å². The number of imidazole rings is 2. The van der Waals surface area contributed by atoms with E-state index in [0.717, 1.165) is 25.7 Å². The predicted molar refractivity (Wildman–Crippen MR) is 123 cm³/mol. The monoisotopic (exact) mass is 441 g/mol. The Morgan fingerprint density at radius 3 is 2.29 bits per heavy atom. The molecule has 1 N–H and O–H groups in total. The van der Waals surface area contributed by atoms with Crippen molar-refractivity contribution in [2.45, 2.75) is 32.7 Å². The van der Waals surface area contributed by atoms with Crippen molar-refractivity contribution in [2.75, 3.05) is 14.1 Å². The van der Waals surface area contributed by atoms with Gasteiger partial charge in [-0.25, -0.2) is 9.78 Å². The first-order valence-electron chi connectivity index (χ1n) is 10.3. The van der Waals surface area contributed by atoms with E-state index in [1.54, 1.807) is 22.8 Å². The van der Waals surface area contributed by atoms with Gasteiger partial charge in [-0.3, -0.25) is 4.57 Å². The van der Waals surface area contributed by atoms with Crippen molar-refractivity contribution in [3.05, 3.63) is 64.8 Å². The highest BCUT2D eigenvalue weighted by Crippen LogP contribution is 2.28. The number of para-hydroxylation sites is 4. The molecule has 0 saturated carbocycles. The summed E-state index contributed by atoms with van der Waals surface area (Å²) in [5, 5.41) is 0. The van der Waals surface area contributed by atoms with Crippen LogP contribution in [0.2, 0.25) is 0 Å². The van der Waals surface area contributed by atoms with E-state index in [0.29, 0.717) is 29.2 Å². The Labute approximate surface area is 181 Å². The van der Waals surface area contributed by atoms with Gasteiger partial charge >= 0.3 is 15.9 Å². The predicted octanol–water partition coefficient (Wildman–Crippen LogP) is 3.36. The zero-order chi connectivity index (χ0) is 22.3. The zero-order valence-corrected chi connectivity index (χ0v) is 18.9. The van der Waals surface area contributed by atoms with Crippen LogP contribution < -0.4 is 5.69 Å². The van der Waals surface area contributed by atoms with E-state index in [1.165, 1.54) is 14.1 Å². The van der Waals surface area contributed by atoms with Crippen LogP contribution in [0.15, 0.2) is 53.3 Å². The smallest absolute Gasteiger partial charge is 0.340 e. The maximum absolute atomic E-state index is 13.6. The van der Waals surface area contributed by atoms with Crippen LogP contribution in [0.5, 0.6) is 0 Å². The second-order valence-electron chi connectivity index (χ2n) is 8.32. The lowest BCUT2D eigenvalue weighted by molar-refractivity contribution is 0.445. The zero-order valence-electron chi connectivity index (χ0n) is 18.1. The third-order valence-corrected chi connectivity index (χ3v) is 7.22. The number of aromatic nitrogens is 4. The first-order valence-corrected chi connectivity index (χ1v) is 11.7. The van der Waals surface area contributed by atoms with Gasteiger partial charge in [-0.2, -0.15) is 16.7 Å². The lowest BCUT2D eigenvalue weighted by atomic mass is 10.0. The summed E-state index contributed by atoms with van der Waals surface area (Å²) in [5.74, 6) is 1.07. The van der Waals surface area contributed by atoms with Crippen molar-refractivity contribution in [1.82, 2.24) is 22.8 Å². The first kappa shape index (κ1) is 21.3. The molecule has 0 fully saturated rings. The Bertz CT molecular complexity index is 1360. The summed E-state index contributed by atoms with van der Waals surface area (Å²) in [7, 11) is -1.16. The van der Waals surface area contributed by atoms with Gasteiger partial charge in [-0.05, 0) is 43.0 Å². The van der Waals surface area contributed by atoms with Crippen molar-refractivity contribution < 1.29 is 8.42 Å². The second kappa shape index (κ2) is 7.97. The average Bonchev–Trinajstić information content (AvgIpc) is 3.27. The van der Waals surface area contributed by atoms with Gasteiger partial charge in [-0.1, -0.05) is 38.1 Å². The number of hydrogen-bond acceptors (Lipinski definition) is 4. The molecule has 2 aromatic heterocycles. The van der Waals surface area contributed by atoms with Crippen LogP contribution in [-0.4, -0.2) is 45.3 Å². The van der Waals surface area contributed by atoms with Gasteiger partial charge in [0, 0.05) is 14.1 Å². The normalized spacial score (nSPS) is 13.6. The van der Waals surface area contributed by atoms with Crippen LogP contribution >= 0.6 is 0 Å². The Balaban J connectivity index is 2.00. The number of H-pyrrole nitrogens is 1. The number of nitrogens with one attached hydrogen (secondary N) is 1. The third-order valence-electron chi connectivity index (χ3n) is 5.48. The molecule has 0 amide bonds. The van der Waals surface area contributed by atoms with Crippen molar-refractivity contribution in [1.29, 1.82) is 0 Å².